The Kier molecular flexibility index (Phi) is 5.81. The van der Waals surface area contributed by atoms with Crippen LogP contribution in [0.1, 0.15) is 31.0 Å². The van der Waals surface area contributed by atoms with E-state index < -0.39 is 12.1 Å². The van der Waals surface area contributed by atoms with Crippen LogP contribution in [0.15, 0.2) is 48.5 Å². The van der Waals surface area contributed by atoms with Crippen molar-refractivity contribution in [2.24, 2.45) is 5.73 Å². The van der Waals surface area contributed by atoms with Crippen LogP contribution in [0.5, 0.6) is 11.5 Å². The minimum Gasteiger partial charge on any atom is -0.490 e. The molecule has 0 amide bonds. The molecular formula is C18H23NO3. The van der Waals surface area contributed by atoms with Crippen LogP contribution >= 0.6 is 0 Å². The average Bonchev–Trinajstić information content (AvgIpc) is 2.54. The number of hydrogen-bond acceptors (Lipinski definition) is 4. The molecule has 0 aliphatic heterocycles. The highest BCUT2D eigenvalue weighted by atomic mass is 16.5. The van der Waals surface area contributed by atoms with Crippen LogP contribution in [0.2, 0.25) is 0 Å². The van der Waals surface area contributed by atoms with Gasteiger partial charge in [-0.1, -0.05) is 36.4 Å². The highest BCUT2D eigenvalue weighted by Crippen LogP contribution is 2.31. The van der Waals surface area contributed by atoms with Crippen molar-refractivity contribution >= 4 is 0 Å². The molecule has 0 saturated heterocycles. The second-order valence-corrected chi connectivity index (χ2v) is 5.18. The summed E-state index contributed by atoms with van der Waals surface area (Å²) in [5, 5.41) is 9.62. The molecule has 0 heterocycles. The maximum absolute atomic E-state index is 9.62. The van der Waals surface area contributed by atoms with E-state index in [0.717, 1.165) is 11.1 Å². The number of aliphatic hydroxyl groups excluding tert-OH is 1. The second-order valence-electron chi connectivity index (χ2n) is 5.18. The zero-order valence-electron chi connectivity index (χ0n) is 13.0. The summed E-state index contributed by atoms with van der Waals surface area (Å²) in [7, 11) is 0. The molecule has 2 atom stereocenters. The number of benzene rings is 2. The van der Waals surface area contributed by atoms with Gasteiger partial charge in [-0.3, -0.25) is 0 Å². The van der Waals surface area contributed by atoms with Gasteiger partial charge in [0.05, 0.1) is 18.8 Å². The fraction of sp³-hybridized carbons (Fsp3) is 0.333. The van der Waals surface area contributed by atoms with Gasteiger partial charge in [0.25, 0.3) is 0 Å². The van der Waals surface area contributed by atoms with Gasteiger partial charge in [-0.15, -0.1) is 0 Å². The molecule has 118 valence electrons. The number of ether oxygens (including phenoxy) is 2. The maximum atomic E-state index is 9.62. The van der Waals surface area contributed by atoms with Gasteiger partial charge in [0.1, 0.15) is 6.61 Å². The van der Waals surface area contributed by atoms with Crippen molar-refractivity contribution in [3.05, 3.63) is 59.7 Å². The van der Waals surface area contributed by atoms with Crippen molar-refractivity contribution in [1.82, 2.24) is 0 Å². The normalized spacial score (nSPS) is 13.5. The highest BCUT2D eigenvalue weighted by molar-refractivity contribution is 5.44. The molecule has 3 N–H and O–H groups in total. The number of rotatable bonds is 7. The third-order valence-corrected chi connectivity index (χ3v) is 3.41. The average molecular weight is 301 g/mol. The number of aliphatic hydroxyl groups is 1. The molecule has 4 nitrogen and oxygen atoms in total. The quantitative estimate of drug-likeness (QED) is 0.825. The van der Waals surface area contributed by atoms with Gasteiger partial charge < -0.3 is 20.3 Å². The van der Waals surface area contributed by atoms with Crippen molar-refractivity contribution in [3.8, 4) is 11.5 Å². The first-order valence-electron chi connectivity index (χ1n) is 7.49. The lowest BCUT2D eigenvalue weighted by molar-refractivity contribution is 0.164. The van der Waals surface area contributed by atoms with Crippen molar-refractivity contribution < 1.29 is 14.6 Å². The second kappa shape index (κ2) is 7.82. The molecule has 0 radical (unpaired) electrons. The number of nitrogens with two attached hydrogens (primary N) is 1. The summed E-state index contributed by atoms with van der Waals surface area (Å²) in [5.74, 6) is 1.32. The number of hydrogen-bond donors (Lipinski definition) is 2. The van der Waals surface area contributed by atoms with Crippen LogP contribution < -0.4 is 15.2 Å². The first-order chi connectivity index (χ1) is 10.6. The predicted octanol–water partition coefficient (Wildman–Crippen LogP) is 3.04. The zero-order chi connectivity index (χ0) is 15.9. The van der Waals surface area contributed by atoms with Crippen LogP contribution in [-0.2, 0) is 6.61 Å². The molecule has 2 aromatic rings. The van der Waals surface area contributed by atoms with E-state index in [2.05, 4.69) is 0 Å². The van der Waals surface area contributed by atoms with E-state index in [-0.39, 0.29) is 0 Å². The lowest BCUT2D eigenvalue weighted by atomic mass is 10.0. The maximum Gasteiger partial charge on any atom is 0.161 e. The summed E-state index contributed by atoms with van der Waals surface area (Å²) in [6.45, 7) is 4.60. The Morgan fingerprint density at radius 1 is 1.05 bits per heavy atom. The van der Waals surface area contributed by atoms with Gasteiger partial charge in [0, 0.05) is 0 Å². The molecule has 0 aliphatic carbocycles. The summed E-state index contributed by atoms with van der Waals surface area (Å²) >= 11 is 0. The Morgan fingerprint density at radius 2 is 1.77 bits per heavy atom. The molecule has 0 bridgehead atoms. The molecule has 0 spiro atoms. The van der Waals surface area contributed by atoms with Gasteiger partial charge in [-0.25, -0.2) is 0 Å². The van der Waals surface area contributed by atoms with Crippen LogP contribution in [0.25, 0.3) is 0 Å². The minimum atomic E-state index is -0.620. The zero-order valence-corrected chi connectivity index (χ0v) is 13.0. The lowest BCUT2D eigenvalue weighted by Gasteiger charge is -2.18. The molecule has 0 fully saturated rings. The molecule has 0 aromatic heterocycles. The van der Waals surface area contributed by atoms with E-state index in [0.29, 0.717) is 24.7 Å². The van der Waals surface area contributed by atoms with Crippen LogP contribution in [0.3, 0.4) is 0 Å². The van der Waals surface area contributed by atoms with E-state index in [1.165, 1.54) is 0 Å². The summed E-state index contributed by atoms with van der Waals surface area (Å²) in [4.78, 5) is 0. The van der Waals surface area contributed by atoms with Crippen molar-refractivity contribution in [1.29, 1.82) is 0 Å². The minimum absolute atomic E-state index is 0.442. The Morgan fingerprint density at radius 3 is 2.41 bits per heavy atom. The Hall–Kier alpha value is -2.04. The molecule has 2 aromatic carbocycles. The predicted molar refractivity (Wildman–Crippen MR) is 87.0 cm³/mol. The van der Waals surface area contributed by atoms with Gasteiger partial charge in [-0.05, 0) is 37.1 Å². The first kappa shape index (κ1) is 16.3. The van der Waals surface area contributed by atoms with E-state index in [1.807, 2.05) is 55.5 Å². The van der Waals surface area contributed by atoms with Gasteiger partial charge in [0.15, 0.2) is 11.5 Å². The summed E-state index contributed by atoms with van der Waals surface area (Å²) in [6, 6.07) is 15.0. The molecule has 0 aliphatic rings. The van der Waals surface area contributed by atoms with E-state index in [1.54, 1.807) is 6.92 Å². The molecule has 22 heavy (non-hydrogen) atoms. The van der Waals surface area contributed by atoms with E-state index >= 15 is 0 Å². The standard InChI is InChI=1S/C18H23NO3/c1-3-21-17-11-15(18(19)13(2)20)9-10-16(17)22-12-14-7-5-4-6-8-14/h4-11,13,18,20H,3,12,19H2,1-2H3/t13-,18-/m0/s1. The largest absolute Gasteiger partial charge is 0.490 e. The van der Waals surface area contributed by atoms with Crippen molar-refractivity contribution in [2.75, 3.05) is 6.61 Å². The van der Waals surface area contributed by atoms with Gasteiger partial charge >= 0.3 is 0 Å². The third kappa shape index (κ3) is 4.23. The Balaban J connectivity index is 2.16. The Labute approximate surface area is 131 Å². The fourth-order valence-electron chi connectivity index (χ4n) is 2.13. The van der Waals surface area contributed by atoms with Crippen LogP contribution in [-0.4, -0.2) is 17.8 Å². The molecule has 2 rings (SSSR count). The smallest absolute Gasteiger partial charge is 0.161 e. The van der Waals surface area contributed by atoms with E-state index in [9.17, 15) is 5.11 Å². The van der Waals surface area contributed by atoms with Gasteiger partial charge in [0.2, 0.25) is 0 Å². The SMILES string of the molecule is CCOc1cc([C@@H](N)[C@H](C)O)ccc1OCc1ccccc1. The lowest BCUT2D eigenvalue weighted by Crippen LogP contribution is -2.23. The monoisotopic (exact) mass is 301 g/mol. The van der Waals surface area contributed by atoms with E-state index in [4.69, 9.17) is 15.2 Å². The van der Waals surface area contributed by atoms with Crippen molar-refractivity contribution in [3.63, 3.8) is 0 Å². The summed E-state index contributed by atoms with van der Waals surface area (Å²) in [5.41, 5.74) is 7.89. The third-order valence-electron chi connectivity index (χ3n) is 3.41. The summed E-state index contributed by atoms with van der Waals surface area (Å²) in [6.07, 6.45) is -0.620. The Bertz CT molecular complexity index is 584. The molecule has 0 unspecified atom stereocenters. The molecule has 0 saturated carbocycles. The topological polar surface area (TPSA) is 64.7 Å². The van der Waals surface area contributed by atoms with Crippen LogP contribution in [0.4, 0.5) is 0 Å². The van der Waals surface area contributed by atoms with Crippen molar-refractivity contribution in [2.45, 2.75) is 32.6 Å². The van der Waals surface area contributed by atoms with Gasteiger partial charge in [-0.2, -0.15) is 0 Å². The first-order valence-corrected chi connectivity index (χ1v) is 7.49. The highest BCUT2D eigenvalue weighted by Gasteiger charge is 2.15. The van der Waals surface area contributed by atoms with Crippen LogP contribution in [0, 0.1) is 0 Å². The molecule has 4 heteroatoms. The summed E-state index contributed by atoms with van der Waals surface area (Å²) < 4.78 is 11.5. The fourth-order valence-corrected chi connectivity index (χ4v) is 2.13. The molecular weight excluding hydrogens is 278 g/mol.